The van der Waals surface area contributed by atoms with Crippen molar-refractivity contribution < 1.29 is 9.84 Å². The van der Waals surface area contributed by atoms with Crippen molar-refractivity contribution in [1.29, 1.82) is 0 Å². The van der Waals surface area contributed by atoms with E-state index in [1.807, 2.05) is 19.1 Å². The Bertz CT molecular complexity index is 407. The Kier molecular flexibility index (Phi) is 2.61. The molecule has 0 spiro atoms. The van der Waals surface area contributed by atoms with E-state index in [0.29, 0.717) is 11.9 Å². The first kappa shape index (κ1) is 11.3. The number of fused-ring (bicyclic) bond motifs is 1. The molecule has 0 bridgehead atoms. The summed E-state index contributed by atoms with van der Waals surface area (Å²) in [5.74, 6) is 1.31. The van der Waals surface area contributed by atoms with E-state index in [9.17, 15) is 5.11 Å². The van der Waals surface area contributed by atoms with Gasteiger partial charge in [0.2, 0.25) is 0 Å². The second-order valence-electron chi connectivity index (χ2n) is 5.37. The minimum Gasteiger partial charge on any atom is -0.508 e. The van der Waals surface area contributed by atoms with Gasteiger partial charge in [-0.15, -0.1) is 0 Å². The number of aryl methyl sites for hydroxylation is 1. The molecule has 0 fully saturated rings. The quantitative estimate of drug-likeness (QED) is 0.784. The molecule has 1 N–H and O–H groups in total. The van der Waals surface area contributed by atoms with Crippen molar-refractivity contribution in [2.75, 3.05) is 0 Å². The normalized spacial score (nSPS) is 22.4. The first-order chi connectivity index (χ1) is 7.44. The summed E-state index contributed by atoms with van der Waals surface area (Å²) in [5, 5.41) is 9.78. The van der Waals surface area contributed by atoms with Crippen molar-refractivity contribution in [2.45, 2.75) is 52.1 Å². The highest BCUT2D eigenvalue weighted by molar-refractivity contribution is 5.49. The second kappa shape index (κ2) is 3.69. The summed E-state index contributed by atoms with van der Waals surface area (Å²) >= 11 is 0. The Balaban J connectivity index is 2.51. The van der Waals surface area contributed by atoms with Gasteiger partial charge < -0.3 is 9.84 Å². The first-order valence-electron chi connectivity index (χ1n) is 5.95. The molecule has 1 aliphatic rings. The molecule has 0 saturated heterocycles. The summed E-state index contributed by atoms with van der Waals surface area (Å²) in [6.45, 7) is 8.48. The van der Waals surface area contributed by atoms with E-state index in [1.54, 1.807) is 0 Å². The lowest BCUT2D eigenvalue weighted by molar-refractivity contribution is 0.130. The highest BCUT2D eigenvalue weighted by Gasteiger charge is 2.34. The van der Waals surface area contributed by atoms with E-state index < -0.39 is 0 Å². The molecule has 0 amide bonds. The van der Waals surface area contributed by atoms with E-state index in [0.717, 1.165) is 29.7 Å². The highest BCUT2D eigenvalue weighted by atomic mass is 16.5. The Hall–Kier alpha value is -1.18. The number of rotatable bonds is 1. The van der Waals surface area contributed by atoms with Gasteiger partial charge in [-0.3, -0.25) is 0 Å². The molecular formula is C14H20O2. The Labute approximate surface area is 97.3 Å². The standard InChI is InChI=1S/C14H20O2/c1-5-10-8-14(3,4)11-7-12(15)9(2)6-13(11)16-10/h6-7,10,15H,5,8H2,1-4H3. The van der Waals surface area contributed by atoms with E-state index >= 15 is 0 Å². The lowest BCUT2D eigenvalue weighted by atomic mass is 9.76. The van der Waals surface area contributed by atoms with E-state index in [1.165, 1.54) is 0 Å². The van der Waals surface area contributed by atoms with Gasteiger partial charge in [-0.05, 0) is 42.9 Å². The van der Waals surface area contributed by atoms with Crippen LogP contribution in [0.15, 0.2) is 12.1 Å². The van der Waals surface area contributed by atoms with Gasteiger partial charge in [0.15, 0.2) is 0 Å². The fraction of sp³-hybridized carbons (Fsp3) is 0.571. The van der Waals surface area contributed by atoms with Gasteiger partial charge in [-0.25, -0.2) is 0 Å². The highest BCUT2D eigenvalue weighted by Crippen LogP contribution is 2.43. The molecule has 1 aliphatic heterocycles. The molecule has 2 heteroatoms. The molecular weight excluding hydrogens is 200 g/mol. The molecule has 0 saturated carbocycles. The third-order valence-corrected chi connectivity index (χ3v) is 3.51. The Morgan fingerprint density at radius 3 is 2.75 bits per heavy atom. The van der Waals surface area contributed by atoms with Gasteiger partial charge in [0.05, 0.1) is 6.10 Å². The van der Waals surface area contributed by atoms with Crippen molar-refractivity contribution in [3.63, 3.8) is 0 Å². The number of ether oxygens (including phenoxy) is 1. The lowest BCUT2D eigenvalue weighted by Gasteiger charge is -2.37. The number of aromatic hydroxyl groups is 1. The lowest BCUT2D eigenvalue weighted by Crippen LogP contribution is -2.33. The minimum absolute atomic E-state index is 0.0828. The Morgan fingerprint density at radius 2 is 2.12 bits per heavy atom. The smallest absolute Gasteiger partial charge is 0.123 e. The molecule has 0 aromatic heterocycles. The molecule has 1 atom stereocenters. The maximum atomic E-state index is 9.78. The summed E-state index contributed by atoms with van der Waals surface area (Å²) in [4.78, 5) is 0. The SMILES string of the molecule is CCC1CC(C)(C)c2cc(O)c(C)cc2O1. The summed E-state index contributed by atoms with van der Waals surface area (Å²) in [6.07, 6.45) is 2.34. The van der Waals surface area contributed by atoms with Crippen LogP contribution in [0, 0.1) is 6.92 Å². The second-order valence-corrected chi connectivity index (χ2v) is 5.37. The van der Waals surface area contributed by atoms with Crippen LogP contribution in [0.4, 0.5) is 0 Å². The third-order valence-electron chi connectivity index (χ3n) is 3.51. The van der Waals surface area contributed by atoms with Gasteiger partial charge in [0, 0.05) is 5.56 Å². The molecule has 16 heavy (non-hydrogen) atoms. The minimum atomic E-state index is 0.0828. The number of hydrogen-bond donors (Lipinski definition) is 1. The third kappa shape index (κ3) is 1.77. The molecule has 1 heterocycles. The molecule has 2 nitrogen and oxygen atoms in total. The number of benzene rings is 1. The summed E-state index contributed by atoms with van der Waals surface area (Å²) in [5.41, 5.74) is 2.09. The number of phenols is 1. The first-order valence-corrected chi connectivity index (χ1v) is 5.95. The van der Waals surface area contributed by atoms with Gasteiger partial charge in [-0.1, -0.05) is 20.8 Å². The van der Waals surface area contributed by atoms with Crippen LogP contribution in [0.3, 0.4) is 0 Å². The summed E-state index contributed by atoms with van der Waals surface area (Å²) in [7, 11) is 0. The van der Waals surface area contributed by atoms with Crippen LogP contribution in [0.2, 0.25) is 0 Å². The monoisotopic (exact) mass is 220 g/mol. The average molecular weight is 220 g/mol. The Morgan fingerprint density at radius 1 is 1.44 bits per heavy atom. The van der Waals surface area contributed by atoms with Crippen LogP contribution in [0.5, 0.6) is 11.5 Å². The van der Waals surface area contributed by atoms with Crippen LogP contribution in [-0.4, -0.2) is 11.2 Å². The molecule has 0 radical (unpaired) electrons. The van der Waals surface area contributed by atoms with Gasteiger partial charge in [0.1, 0.15) is 11.5 Å². The summed E-state index contributed by atoms with van der Waals surface area (Å²) in [6, 6.07) is 3.81. The van der Waals surface area contributed by atoms with Crippen LogP contribution in [0.1, 0.15) is 44.7 Å². The van der Waals surface area contributed by atoms with Crippen LogP contribution in [0.25, 0.3) is 0 Å². The number of phenolic OH excluding ortho intramolecular Hbond substituents is 1. The molecule has 1 aromatic rings. The zero-order chi connectivity index (χ0) is 11.9. The van der Waals surface area contributed by atoms with Crippen molar-refractivity contribution in [1.82, 2.24) is 0 Å². The molecule has 0 aliphatic carbocycles. The summed E-state index contributed by atoms with van der Waals surface area (Å²) < 4.78 is 5.94. The van der Waals surface area contributed by atoms with Crippen molar-refractivity contribution in [3.05, 3.63) is 23.3 Å². The van der Waals surface area contributed by atoms with Gasteiger partial charge >= 0.3 is 0 Å². The fourth-order valence-corrected chi connectivity index (χ4v) is 2.42. The van der Waals surface area contributed by atoms with Crippen LogP contribution < -0.4 is 4.74 Å². The topological polar surface area (TPSA) is 29.5 Å². The van der Waals surface area contributed by atoms with E-state index in [-0.39, 0.29) is 5.41 Å². The van der Waals surface area contributed by atoms with Gasteiger partial charge in [-0.2, -0.15) is 0 Å². The largest absolute Gasteiger partial charge is 0.508 e. The van der Waals surface area contributed by atoms with Crippen LogP contribution in [-0.2, 0) is 5.41 Å². The van der Waals surface area contributed by atoms with E-state index in [4.69, 9.17) is 4.74 Å². The maximum absolute atomic E-state index is 9.78. The molecule has 1 aromatic carbocycles. The predicted octanol–water partition coefficient (Wildman–Crippen LogP) is 3.54. The number of hydrogen-bond acceptors (Lipinski definition) is 2. The van der Waals surface area contributed by atoms with Crippen LogP contribution >= 0.6 is 0 Å². The van der Waals surface area contributed by atoms with E-state index in [2.05, 4.69) is 20.8 Å². The average Bonchev–Trinajstić information content (AvgIpc) is 2.20. The van der Waals surface area contributed by atoms with Crippen molar-refractivity contribution >= 4 is 0 Å². The maximum Gasteiger partial charge on any atom is 0.123 e. The zero-order valence-electron chi connectivity index (χ0n) is 10.5. The molecule has 2 rings (SSSR count). The van der Waals surface area contributed by atoms with Crippen molar-refractivity contribution in [3.8, 4) is 11.5 Å². The fourth-order valence-electron chi connectivity index (χ4n) is 2.42. The van der Waals surface area contributed by atoms with Crippen molar-refractivity contribution in [2.24, 2.45) is 0 Å². The van der Waals surface area contributed by atoms with Gasteiger partial charge in [0.25, 0.3) is 0 Å². The zero-order valence-corrected chi connectivity index (χ0v) is 10.5. The molecule has 1 unspecified atom stereocenters. The molecule has 88 valence electrons. The predicted molar refractivity (Wildman–Crippen MR) is 65.2 cm³/mol.